The minimum Gasteiger partial charge on any atom is -0.369 e. The molecule has 2 rings (SSSR count). The van der Waals surface area contributed by atoms with Crippen LogP contribution < -0.4 is 5.32 Å². The predicted octanol–water partition coefficient (Wildman–Crippen LogP) is 2.55. The van der Waals surface area contributed by atoms with Crippen LogP contribution in [0.2, 0.25) is 0 Å². The first-order valence-electron chi connectivity index (χ1n) is 5.80. The second kappa shape index (κ2) is 6.30. The van der Waals surface area contributed by atoms with Crippen LogP contribution in [0.1, 0.15) is 18.9 Å². The van der Waals surface area contributed by atoms with E-state index in [-0.39, 0.29) is 0 Å². The molecule has 1 N–H and O–H groups in total. The first-order chi connectivity index (χ1) is 8.78. The molecule has 0 fully saturated rings. The van der Waals surface area contributed by atoms with Crippen molar-refractivity contribution in [1.29, 1.82) is 0 Å². The second-order valence-electron chi connectivity index (χ2n) is 3.81. The van der Waals surface area contributed by atoms with Crippen LogP contribution in [0.15, 0.2) is 35.0 Å². The van der Waals surface area contributed by atoms with Crippen molar-refractivity contribution in [2.75, 3.05) is 11.9 Å². The van der Waals surface area contributed by atoms with Gasteiger partial charge in [-0.15, -0.1) is 0 Å². The molecule has 0 aliphatic rings. The van der Waals surface area contributed by atoms with Gasteiger partial charge in [0.15, 0.2) is 5.16 Å². The second-order valence-corrected chi connectivity index (χ2v) is 4.80. The number of hydrogen-bond donors (Lipinski definition) is 1. The Labute approximate surface area is 110 Å². The Morgan fingerprint density at radius 2 is 1.94 bits per heavy atom. The Morgan fingerprint density at radius 3 is 2.67 bits per heavy atom. The van der Waals surface area contributed by atoms with Gasteiger partial charge in [-0.2, -0.15) is 0 Å². The summed E-state index contributed by atoms with van der Waals surface area (Å²) in [5, 5.41) is 4.68. The van der Waals surface area contributed by atoms with Gasteiger partial charge in [0.2, 0.25) is 0 Å². The van der Waals surface area contributed by atoms with Crippen LogP contribution in [0.25, 0.3) is 0 Å². The average molecular weight is 261 g/mol. The van der Waals surface area contributed by atoms with Crippen LogP contribution in [0, 0.1) is 6.92 Å². The number of rotatable bonds is 5. The van der Waals surface area contributed by atoms with Crippen molar-refractivity contribution < 1.29 is 0 Å². The van der Waals surface area contributed by atoms with Crippen molar-refractivity contribution >= 4 is 17.6 Å². The zero-order valence-corrected chi connectivity index (χ0v) is 11.2. The molecular weight excluding hydrogens is 246 g/mol. The molecule has 2 aromatic heterocycles. The van der Waals surface area contributed by atoms with Crippen LogP contribution in [-0.2, 0) is 0 Å². The molecule has 0 bridgehead atoms. The van der Waals surface area contributed by atoms with E-state index in [1.807, 2.05) is 6.92 Å². The van der Waals surface area contributed by atoms with Crippen molar-refractivity contribution in [3.63, 3.8) is 0 Å². The van der Waals surface area contributed by atoms with Gasteiger partial charge < -0.3 is 5.32 Å². The molecule has 18 heavy (non-hydrogen) atoms. The first kappa shape index (κ1) is 12.8. The Kier molecular flexibility index (Phi) is 4.46. The fourth-order valence-corrected chi connectivity index (χ4v) is 1.92. The van der Waals surface area contributed by atoms with E-state index in [1.165, 1.54) is 11.8 Å². The van der Waals surface area contributed by atoms with Crippen LogP contribution in [0.4, 0.5) is 5.82 Å². The lowest BCUT2D eigenvalue weighted by atomic mass is 10.4. The zero-order chi connectivity index (χ0) is 12.8. The third-order valence-corrected chi connectivity index (χ3v) is 2.92. The summed E-state index contributed by atoms with van der Waals surface area (Å²) in [6, 6.07) is 0. The molecule has 0 radical (unpaired) electrons. The summed E-state index contributed by atoms with van der Waals surface area (Å²) in [6.07, 6.45) is 8.07. The van der Waals surface area contributed by atoms with Crippen molar-refractivity contribution in [3.8, 4) is 0 Å². The Morgan fingerprint density at radius 1 is 1.17 bits per heavy atom. The number of aromatic nitrogens is 4. The fourth-order valence-electron chi connectivity index (χ4n) is 1.26. The SMILES string of the molecule is CCCNc1cncc(Sc2ncc(C)cn2)n1. The van der Waals surface area contributed by atoms with Gasteiger partial charge >= 0.3 is 0 Å². The molecule has 2 heterocycles. The minimum atomic E-state index is 0.683. The standard InChI is InChI=1S/C12H15N5S/c1-3-4-14-10-7-13-8-11(17-10)18-12-15-5-9(2)6-16-12/h5-8H,3-4H2,1-2H3,(H,14,17). The van der Waals surface area contributed by atoms with Gasteiger partial charge in [-0.05, 0) is 30.7 Å². The average Bonchev–Trinajstić information content (AvgIpc) is 2.40. The highest BCUT2D eigenvalue weighted by Crippen LogP contribution is 2.22. The van der Waals surface area contributed by atoms with Crippen LogP contribution in [-0.4, -0.2) is 26.5 Å². The summed E-state index contributed by atoms with van der Waals surface area (Å²) >= 11 is 1.41. The highest BCUT2D eigenvalue weighted by atomic mass is 32.2. The van der Waals surface area contributed by atoms with E-state index in [1.54, 1.807) is 24.8 Å². The molecule has 6 heteroatoms. The van der Waals surface area contributed by atoms with E-state index in [0.717, 1.165) is 29.4 Å². The van der Waals surface area contributed by atoms with Crippen molar-refractivity contribution in [2.24, 2.45) is 0 Å². The number of nitrogens with one attached hydrogen (secondary N) is 1. The minimum absolute atomic E-state index is 0.683. The summed E-state index contributed by atoms with van der Waals surface area (Å²) in [5.74, 6) is 0.786. The third-order valence-electron chi connectivity index (χ3n) is 2.12. The van der Waals surface area contributed by atoms with Gasteiger partial charge in [0.1, 0.15) is 10.8 Å². The molecule has 0 aliphatic carbocycles. The molecule has 5 nitrogen and oxygen atoms in total. The van der Waals surface area contributed by atoms with Gasteiger partial charge in [-0.3, -0.25) is 4.98 Å². The molecule has 0 unspecified atom stereocenters. The topological polar surface area (TPSA) is 63.6 Å². The Hall–Kier alpha value is -1.69. The van der Waals surface area contributed by atoms with Crippen molar-refractivity contribution in [1.82, 2.24) is 19.9 Å². The van der Waals surface area contributed by atoms with E-state index in [9.17, 15) is 0 Å². The van der Waals surface area contributed by atoms with E-state index >= 15 is 0 Å². The molecular formula is C12H15N5S. The maximum atomic E-state index is 4.44. The van der Waals surface area contributed by atoms with Crippen LogP contribution in [0.5, 0.6) is 0 Å². The molecule has 0 aliphatic heterocycles. The molecule has 0 spiro atoms. The molecule has 0 aromatic carbocycles. The largest absolute Gasteiger partial charge is 0.369 e. The molecule has 0 atom stereocenters. The van der Waals surface area contributed by atoms with E-state index in [0.29, 0.717) is 5.16 Å². The number of nitrogens with zero attached hydrogens (tertiary/aromatic N) is 4. The summed E-state index contributed by atoms with van der Waals surface area (Å²) < 4.78 is 0. The summed E-state index contributed by atoms with van der Waals surface area (Å²) in [7, 11) is 0. The maximum Gasteiger partial charge on any atom is 0.193 e. The summed E-state index contributed by atoms with van der Waals surface area (Å²) in [5.41, 5.74) is 1.05. The van der Waals surface area contributed by atoms with Gasteiger partial charge in [-0.1, -0.05) is 6.92 Å². The van der Waals surface area contributed by atoms with Crippen LogP contribution >= 0.6 is 11.8 Å². The van der Waals surface area contributed by atoms with E-state index in [2.05, 4.69) is 32.2 Å². The highest BCUT2D eigenvalue weighted by Gasteiger charge is 2.03. The highest BCUT2D eigenvalue weighted by molar-refractivity contribution is 7.99. The molecule has 0 amide bonds. The molecule has 0 saturated heterocycles. The third kappa shape index (κ3) is 3.66. The molecule has 2 aromatic rings. The van der Waals surface area contributed by atoms with Gasteiger partial charge in [0.05, 0.1) is 12.4 Å². The number of anilines is 1. The molecule has 94 valence electrons. The summed E-state index contributed by atoms with van der Waals surface area (Å²) in [6.45, 7) is 4.96. The van der Waals surface area contributed by atoms with Gasteiger partial charge in [-0.25, -0.2) is 15.0 Å². The van der Waals surface area contributed by atoms with Gasteiger partial charge in [0, 0.05) is 18.9 Å². The predicted molar refractivity (Wildman–Crippen MR) is 71.7 cm³/mol. The lowest BCUT2D eigenvalue weighted by Gasteiger charge is -2.04. The lowest BCUT2D eigenvalue weighted by Crippen LogP contribution is -2.02. The first-order valence-corrected chi connectivity index (χ1v) is 6.62. The van der Waals surface area contributed by atoms with Crippen molar-refractivity contribution in [3.05, 3.63) is 30.4 Å². The van der Waals surface area contributed by atoms with Crippen LogP contribution in [0.3, 0.4) is 0 Å². The fraction of sp³-hybridized carbons (Fsp3) is 0.333. The monoisotopic (exact) mass is 261 g/mol. The number of aryl methyl sites for hydroxylation is 1. The zero-order valence-electron chi connectivity index (χ0n) is 10.4. The van der Waals surface area contributed by atoms with E-state index in [4.69, 9.17) is 0 Å². The Balaban J connectivity index is 2.06. The molecule has 0 saturated carbocycles. The normalized spacial score (nSPS) is 10.3. The lowest BCUT2D eigenvalue weighted by molar-refractivity contribution is 0.930. The van der Waals surface area contributed by atoms with E-state index < -0.39 is 0 Å². The smallest absolute Gasteiger partial charge is 0.193 e. The van der Waals surface area contributed by atoms with Crippen molar-refractivity contribution in [2.45, 2.75) is 30.5 Å². The Bertz CT molecular complexity index is 500. The summed E-state index contributed by atoms with van der Waals surface area (Å²) in [4.78, 5) is 17.0. The maximum absolute atomic E-state index is 4.44. The number of hydrogen-bond acceptors (Lipinski definition) is 6. The quantitative estimate of drug-likeness (QED) is 0.834. The van der Waals surface area contributed by atoms with Gasteiger partial charge in [0.25, 0.3) is 0 Å².